The first kappa shape index (κ1) is 39.2. The normalized spacial score (nSPS) is 11.5. The molecule has 13 rings (SSSR count). The zero-order valence-electron chi connectivity index (χ0n) is 36.8. The molecule has 0 spiro atoms. The number of aromatic nitrogens is 4. The number of furan rings is 1. The van der Waals surface area contributed by atoms with Crippen LogP contribution < -0.4 is 0 Å². The van der Waals surface area contributed by atoms with Crippen LogP contribution in [0.25, 0.3) is 128 Å². The van der Waals surface area contributed by atoms with Crippen molar-refractivity contribution in [3.8, 4) is 84.4 Å². The molecule has 0 atom stereocenters. The molecule has 0 aliphatic heterocycles. The smallest absolute Gasteiger partial charge is 0.164 e. The van der Waals surface area contributed by atoms with Gasteiger partial charge in [-0.2, -0.15) is 0 Å². The summed E-state index contributed by atoms with van der Waals surface area (Å²) < 4.78 is 8.57. The highest BCUT2D eigenvalue weighted by molar-refractivity contribution is 6.10. The van der Waals surface area contributed by atoms with Gasteiger partial charge in [0.2, 0.25) is 0 Å². The van der Waals surface area contributed by atoms with E-state index < -0.39 is 0 Å². The number of hydrogen-bond donors (Lipinski definition) is 0. The molecule has 0 saturated carbocycles. The second kappa shape index (κ2) is 16.4. The van der Waals surface area contributed by atoms with Gasteiger partial charge in [-0.25, -0.2) is 15.0 Å². The summed E-state index contributed by atoms with van der Waals surface area (Å²) in [6.07, 6.45) is 0. The van der Waals surface area contributed by atoms with Crippen molar-refractivity contribution < 1.29 is 4.42 Å². The van der Waals surface area contributed by atoms with E-state index in [4.69, 9.17) is 19.4 Å². The molecule has 0 radical (unpaired) electrons. The maximum absolute atomic E-state index is 6.16. The Labute approximate surface area is 392 Å². The largest absolute Gasteiger partial charge is 0.456 e. The van der Waals surface area contributed by atoms with Gasteiger partial charge in [-0.1, -0.05) is 170 Å². The number of benzene rings is 10. The molecule has 3 aromatic heterocycles. The maximum atomic E-state index is 6.16. The molecule has 5 heteroatoms. The third kappa shape index (κ3) is 7.02. The molecular weight excluding hydrogens is 829 g/mol. The van der Waals surface area contributed by atoms with Crippen molar-refractivity contribution in [2.45, 2.75) is 0 Å². The average Bonchev–Trinajstić information content (AvgIpc) is 3.96. The van der Waals surface area contributed by atoms with Gasteiger partial charge in [0.15, 0.2) is 17.5 Å². The van der Waals surface area contributed by atoms with E-state index in [2.05, 4.69) is 187 Å². The van der Waals surface area contributed by atoms with E-state index in [1.165, 1.54) is 38.6 Å². The van der Waals surface area contributed by atoms with Gasteiger partial charge in [0.1, 0.15) is 11.2 Å². The Kier molecular flexibility index (Phi) is 9.43. The van der Waals surface area contributed by atoms with Crippen molar-refractivity contribution in [1.29, 1.82) is 0 Å². The molecule has 68 heavy (non-hydrogen) atoms. The van der Waals surface area contributed by atoms with Gasteiger partial charge in [0.05, 0.1) is 11.0 Å². The summed E-state index contributed by atoms with van der Waals surface area (Å²) in [5.74, 6) is 1.82. The summed E-state index contributed by atoms with van der Waals surface area (Å²) in [6.45, 7) is 0. The van der Waals surface area contributed by atoms with Crippen molar-refractivity contribution in [2.75, 3.05) is 0 Å². The molecule has 0 N–H and O–H groups in total. The van der Waals surface area contributed by atoms with E-state index >= 15 is 0 Å². The molecule has 0 bridgehead atoms. The summed E-state index contributed by atoms with van der Waals surface area (Å²) in [5.41, 5.74) is 17.0. The number of rotatable bonds is 8. The van der Waals surface area contributed by atoms with E-state index in [1.54, 1.807) is 0 Å². The Morgan fingerprint density at radius 3 is 1.41 bits per heavy atom. The van der Waals surface area contributed by atoms with Crippen LogP contribution in [0.2, 0.25) is 0 Å². The molecule has 0 unspecified atom stereocenters. The molecule has 0 saturated heterocycles. The Hall–Kier alpha value is -9.19. The quantitative estimate of drug-likeness (QED) is 0.153. The molecule has 5 nitrogen and oxygen atoms in total. The van der Waals surface area contributed by atoms with Crippen LogP contribution in [0, 0.1) is 0 Å². The van der Waals surface area contributed by atoms with Crippen molar-refractivity contribution in [2.24, 2.45) is 0 Å². The highest BCUT2D eigenvalue weighted by atomic mass is 16.3. The van der Waals surface area contributed by atoms with Gasteiger partial charge in [-0.3, -0.25) is 0 Å². The minimum atomic E-state index is 0.599. The summed E-state index contributed by atoms with van der Waals surface area (Å²) in [5, 5.41) is 4.50. The number of fused-ring (bicyclic) bond motifs is 6. The van der Waals surface area contributed by atoms with E-state index in [0.29, 0.717) is 17.5 Å². The molecule has 318 valence electrons. The number of nitrogens with zero attached hydrogens (tertiary/aromatic N) is 4. The highest BCUT2D eigenvalue weighted by Gasteiger charge is 2.18. The maximum Gasteiger partial charge on any atom is 0.164 e. The monoisotopic (exact) mass is 868 g/mol. The summed E-state index contributed by atoms with van der Waals surface area (Å²) in [4.78, 5) is 15.3. The highest BCUT2D eigenvalue weighted by Crippen LogP contribution is 2.39. The van der Waals surface area contributed by atoms with Gasteiger partial charge in [0.25, 0.3) is 0 Å². The van der Waals surface area contributed by atoms with Crippen LogP contribution >= 0.6 is 0 Å². The third-order valence-electron chi connectivity index (χ3n) is 13.0. The summed E-state index contributed by atoms with van der Waals surface area (Å²) in [6, 6.07) is 85.6. The van der Waals surface area contributed by atoms with Gasteiger partial charge < -0.3 is 8.98 Å². The molecule has 0 aliphatic carbocycles. The number of hydrogen-bond acceptors (Lipinski definition) is 4. The Morgan fingerprint density at radius 1 is 0.250 bits per heavy atom. The van der Waals surface area contributed by atoms with Crippen molar-refractivity contribution in [1.82, 2.24) is 19.5 Å². The Morgan fingerprint density at radius 2 is 0.706 bits per heavy atom. The van der Waals surface area contributed by atoms with E-state index in [1.807, 2.05) is 60.7 Å². The van der Waals surface area contributed by atoms with Crippen molar-refractivity contribution in [3.63, 3.8) is 0 Å². The number of para-hydroxylation sites is 2. The molecule has 3 heterocycles. The lowest BCUT2D eigenvalue weighted by molar-refractivity contribution is 0.669. The lowest BCUT2D eigenvalue weighted by Crippen LogP contribution is -2.00. The first-order chi connectivity index (χ1) is 33.7. The lowest BCUT2D eigenvalue weighted by atomic mass is 9.93. The second-order valence-corrected chi connectivity index (χ2v) is 17.2. The van der Waals surface area contributed by atoms with Gasteiger partial charge in [-0.15, -0.1) is 0 Å². The first-order valence-electron chi connectivity index (χ1n) is 22.9. The lowest BCUT2D eigenvalue weighted by Gasteiger charge is -2.13. The topological polar surface area (TPSA) is 56.7 Å². The summed E-state index contributed by atoms with van der Waals surface area (Å²) in [7, 11) is 0. The first-order valence-corrected chi connectivity index (χ1v) is 22.9. The third-order valence-corrected chi connectivity index (χ3v) is 13.0. The van der Waals surface area contributed by atoms with E-state index in [0.717, 1.165) is 72.0 Å². The zero-order valence-corrected chi connectivity index (χ0v) is 36.8. The molecule has 0 aliphatic rings. The SMILES string of the molecule is c1ccc(-c2cc(-c3ccccc3)cc(-c3ccc4c5ccccc5n(-c5cccc(-c6cccc(-c7nc(-c8ccccc8)nc(-c8ccc9oc%10ccccc%10c9c8)n7)c6)c5)c4c3)c2)cc1. The van der Waals surface area contributed by atoms with E-state index in [9.17, 15) is 0 Å². The molecule has 13 aromatic rings. The van der Waals surface area contributed by atoms with Crippen LogP contribution in [0.15, 0.2) is 247 Å². The van der Waals surface area contributed by atoms with Crippen LogP contribution in [-0.2, 0) is 0 Å². The Bertz CT molecular complexity index is 3970. The minimum absolute atomic E-state index is 0.599. The molecule has 0 fully saturated rings. The predicted octanol–water partition coefficient (Wildman–Crippen LogP) is 16.5. The average molecular weight is 869 g/mol. The van der Waals surface area contributed by atoms with Crippen LogP contribution in [0.5, 0.6) is 0 Å². The Balaban J connectivity index is 0.920. The van der Waals surface area contributed by atoms with Crippen LogP contribution in [0.4, 0.5) is 0 Å². The van der Waals surface area contributed by atoms with Crippen LogP contribution in [-0.4, -0.2) is 19.5 Å². The molecule has 10 aromatic carbocycles. The van der Waals surface area contributed by atoms with Gasteiger partial charge in [0, 0.05) is 43.9 Å². The second-order valence-electron chi connectivity index (χ2n) is 17.2. The standard InChI is InChI=1S/C63H40N4O/c1-4-16-41(17-5-1)49-35-50(42-18-6-2-7-19-42)37-51(36-49)46-30-32-54-53-26-10-12-28-57(53)67(58(54)40-46)52-25-15-23-45(38-52)44-22-14-24-47(34-44)62-64-61(43-20-8-3-9-21-43)65-63(66-62)48-31-33-60-56(39-48)55-27-11-13-29-59(55)68-60/h1-40H. The van der Waals surface area contributed by atoms with Crippen molar-refractivity contribution in [3.05, 3.63) is 243 Å². The molecule has 0 amide bonds. The van der Waals surface area contributed by atoms with E-state index in [-0.39, 0.29) is 0 Å². The van der Waals surface area contributed by atoms with Crippen molar-refractivity contribution >= 4 is 43.7 Å². The van der Waals surface area contributed by atoms with Crippen LogP contribution in [0.1, 0.15) is 0 Å². The fraction of sp³-hybridized carbons (Fsp3) is 0. The predicted molar refractivity (Wildman–Crippen MR) is 279 cm³/mol. The van der Waals surface area contributed by atoms with Gasteiger partial charge in [-0.05, 0) is 117 Å². The fourth-order valence-corrected chi connectivity index (χ4v) is 9.70. The molecular formula is C63H40N4O. The zero-order chi connectivity index (χ0) is 45.0. The minimum Gasteiger partial charge on any atom is -0.456 e. The summed E-state index contributed by atoms with van der Waals surface area (Å²) >= 11 is 0. The van der Waals surface area contributed by atoms with Crippen LogP contribution in [0.3, 0.4) is 0 Å². The van der Waals surface area contributed by atoms with Gasteiger partial charge >= 0.3 is 0 Å². The fourth-order valence-electron chi connectivity index (χ4n) is 9.70.